The summed E-state index contributed by atoms with van der Waals surface area (Å²) in [7, 11) is 0. The number of pyridine rings is 1. The first kappa shape index (κ1) is 33.9. The number of hydrogen-bond donors (Lipinski definition) is 1. The smallest absolute Gasteiger partial charge is 0.270 e. The summed E-state index contributed by atoms with van der Waals surface area (Å²) in [5.41, 5.74) is 13.4. The lowest BCUT2D eigenvalue weighted by molar-refractivity contribution is -0.571. The van der Waals surface area contributed by atoms with E-state index in [0.29, 0.717) is 17.2 Å². The SMILES string of the molecule is CC(C)(C)c1ccnc(-n2c3ccccc3c3ccc(Oc4cccc(-n5[c-][n+]6c7c(cccc75)-c5ccccc5-c5ccccc5-c5ccccc5-6)c4O)cc32)c1. The number of benzene rings is 7. The van der Waals surface area contributed by atoms with Crippen LogP contribution >= 0.6 is 0 Å². The van der Waals surface area contributed by atoms with Gasteiger partial charge in [0.05, 0.1) is 27.8 Å². The van der Waals surface area contributed by atoms with E-state index >= 15 is 0 Å². The molecule has 0 bridgehead atoms. The zero-order valence-electron chi connectivity index (χ0n) is 32.3. The molecule has 0 atom stereocenters. The van der Waals surface area contributed by atoms with E-state index in [4.69, 9.17) is 9.72 Å². The van der Waals surface area contributed by atoms with Gasteiger partial charge in [-0.3, -0.25) is 13.7 Å². The molecule has 0 saturated heterocycles. The Morgan fingerprint density at radius 2 is 1.21 bits per heavy atom. The quantitative estimate of drug-likeness (QED) is 0.144. The molecule has 11 rings (SSSR count). The Kier molecular flexibility index (Phi) is 7.47. The average molecular weight is 751 g/mol. The van der Waals surface area contributed by atoms with Crippen molar-refractivity contribution >= 4 is 32.8 Å². The maximum atomic E-state index is 12.1. The number of aromatic hydroxyl groups is 1. The van der Waals surface area contributed by atoms with Crippen LogP contribution in [0.3, 0.4) is 0 Å². The first-order valence-electron chi connectivity index (χ1n) is 19.6. The molecule has 0 spiro atoms. The van der Waals surface area contributed by atoms with Crippen LogP contribution in [-0.2, 0) is 5.41 Å². The summed E-state index contributed by atoms with van der Waals surface area (Å²) in [6, 6.07) is 56.4. The van der Waals surface area contributed by atoms with E-state index in [9.17, 15) is 5.11 Å². The van der Waals surface area contributed by atoms with Crippen molar-refractivity contribution in [3.05, 3.63) is 182 Å². The highest BCUT2D eigenvalue weighted by atomic mass is 16.5. The minimum absolute atomic E-state index is 0.0134. The predicted octanol–water partition coefficient (Wildman–Crippen LogP) is 12.3. The normalized spacial score (nSPS) is 12.1. The molecule has 0 saturated carbocycles. The van der Waals surface area contributed by atoms with Crippen molar-refractivity contribution in [2.45, 2.75) is 26.2 Å². The maximum absolute atomic E-state index is 12.1. The van der Waals surface area contributed by atoms with Crippen LogP contribution < -0.4 is 9.30 Å². The number of phenols is 1. The molecule has 6 heteroatoms. The Bertz CT molecular complexity index is 3270. The van der Waals surface area contributed by atoms with Gasteiger partial charge in [-0.2, -0.15) is 0 Å². The zero-order valence-corrected chi connectivity index (χ0v) is 32.3. The van der Waals surface area contributed by atoms with Crippen molar-refractivity contribution in [3.8, 4) is 67.8 Å². The van der Waals surface area contributed by atoms with Gasteiger partial charge in [0.15, 0.2) is 11.5 Å². The van der Waals surface area contributed by atoms with Gasteiger partial charge in [-0.05, 0) is 92.9 Å². The second kappa shape index (κ2) is 12.8. The van der Waals surface area contributed by atoms with Gasteiger partial charge in [0.2, 0.25) is 0 Å². The second-order valence-electron chi connectivity index (χ2n) is 16.0. The number of para-hydroxylation sites is 4. The molecule has 0 unspecified atom stereocenters. The highest BCUT2D eigenvalue weighted by Crippen LogP contribution is 2.44. The van der Waals surface area contributed by atoms with Crippen LogP contribution in [0.5, 0.6) is 17.2 Å². The Labute approximate surface area is 336 Å². The molecule has 1 N–H and O–H groups in total. The minimum Gasteiger partial charge on any atom is -0.508 e. The molecule has 278 valence electrons. The van der Waals surface area contributed by atoms with E-state index in [1.165, 1.54) is 11.1 Å². The fraction of sp³-hybridized carbons (Fsp3) is 0.0769. The number of ether oxygens (including phenoxy) is 1. The van der Waals surface area contributed by atoms with Crippen LogP contribution in [0.25, 0.3) is 83.4 Å². The summed E-state index contributed by atoms with van der Waals surface area (Å²) in [4.78, 5) is 4.84. The predicted molar refractivity (Wildman–Crippen MR) is 233 cm³/mol. The molecule has 4 heterocycles. The third-order valence-electron chi connectivity index (χ3n) is 11.5. The summed E-state index contributed by atoms with van der Waals surface area (Å²) in [6.45, 7) is 6.64. The largest absolute Gasteiger partial charge is 0.508 e. The van der Waals surface area contributed by atoms with Crippen LogP contribution in [0.4, 0.5) is 0 Å². The number of hydrogen-bond acceptors (Lipinski definition) is 3. The lowest BCUT2D eigenvalue weighted by Crippen LogP contribution is -2.30. The van der Waals surface area contributed by atoms with Crippen LogP contribution in [0.1, 0.15) is 26.3 Å². The van der Waals surface area contributed by atoms with E-state index in [2.05, 4.69) is 170 Å². The first-order valence-corrected chi connectivity index (χ1v) is 19.6. The van der Waals surface area contributed by atoms with Crippen molar-refractivity contribution in [2.24, 2.45) is 0 Å². The van der Waals surface area contributed by atoms with Crippen LogP contribution in [0.15, 0.2) is 170 Å². The van der Waals surface area contributed by atoms with Gasteiger partial charge in [0.25, 0.3) is 6.33 Å². The highest BCUT2D eigenvalue weighted by molar-refractivity contribution is 6.09. The van der Waals surface area contributed by atoms with Crippen molar-refractivity contribution in [1.82, 2.24) is 14.1 Å². The molecular weight excluding hydrogens is 713 g/mol. The van der Waals surface area contributed by atoms with Gasteiger partial charge in [-0.25, -0.2) is 4.98 Å². The molecule has 1 aliphatic heterocycles. The first-order chi connectivity index (χ1) is 28.3. The minimum atomic E-state index is -0.0363. The van der Waals surface area contributed by atoms with Crippen molar-refractivity contribution in [3.63, 3.8) is 0 Å². The molecule has 7 aromatic carbocycles. The van der Waals surface area contributed by atoms with Crippen LogP contribution in [0, 0.1) is 6.33 Å². The number of fused-ring (bicyclic) bond motifs is 10. The van der Waals surface area contributed by atoms with Gasteiger partial charge >= 0.3 is 0 Å². The fourth-order valence-electron chi connectivity index (χ4n) is 8.70. The van der Waals surface area contributed by atoms with Crippen LogP contribution in [-0.4, -0.2) is 19.2 Å². The van der Waals surface area contributed by atoms with Crippen molar-refractivity contribution < 1.29 is 14.4 Å². The van der Waals surface area contributed by atoms with Gasteiger partial charge in [-0.1, -0.05) is 130 Å². The maximum Gasteiger partial charge on any atom is 0.270 e. The third kappa shape index (κ3) is 5.18. The van der Waals surface area contributed by atoms with Gasteiger partial charge < -0.3 is 9.84 Å². The molecule has 1 aliphatic rings. The molecule has 0 amide bonds. The fourth-order valence-corrected chi connectivity index (χ4v) is 8.70. The van der Waals surface area contributed by atoms with E-state index in [-0.39, 0.29) is 11.2 Å². The summed E-state index contributed by atoms with van der Waals surface area (Å²) < 4.78 is 12.9. The monoisotopic (exact) mass is 750 g/mol. The van der Waals surface area contributed by atoms with E-state index in [1.807, 2.05) is 35.0 Å². The molecule has 58 heavy (non-hydrogen) atoms. The van der Waals surface area contributed by atoms with Gasteiger partial charge in [0.1, 0.15) is 17.3 Å². The summed E-state index contributed by atoms with van der Waals surface area (Å²) >= 11 is 0. The molecule has 6 nitrogen and oxygen atoms in total. The summed E-state index contributed by atoms with van der Waals surface area (Å²) in [6.07, 6.45) is 5.57. The van der Waals surface area contributed by atoms with Gasteiger partial charge in [0, 0.05) is 23.0 Å². The topological polar surface area (TPSA) is 56.1 Å². The van der Waals surface area contributed by atoms with Crippen LogP contribution in [0.2, 0.25) is 0 Å². The molecule has 10 aromatic rings. The number of aromatic nitrogens is 4. The molecule has 0 fully saturated rings. The number of nitrogens with zero attached hydrogens (tertiary/aromatic N) is 4. The lowest BCUT2D eigenvalue weighted by Gasteiger charge is -2.20. The zero-order chi connectivity index (χ0) is 39.1. The van der Waals surface area contributed by atoms with E-state index < -0.39 is 0 Å². The average Bonchev–Trinajstić information content (AvgIpc) is 3.81. The standard InChI is InChI=1S/C52H38N4O2/c1-52(2,3)33-28-29-53-49(30-33)56-44-22-11-9-19-40(44)41-27-26-34(31-47(41)56)58-48-25-13-24-46(51(48)57)54-32-55-43-21-10-8-18-39(43)37-16-6-4-14-35(37)36-15-5-7-17-38(36)42-20-12-23-45(54)50(42)55/h4-31,57H,1-3H3. The Morgan fingerprint density at radius 1 is 0.586 bits per heavy atom. The third-order valence-corrected chi connectivity index (χ3v) is 11.5. The van der Waals surface area contributed by atoms with Crippen molar-refractivity contribution in [1.29, 1.82) is 0 Å². The summed E-state index contributed by atoms with van der Waals surface area (Å²) in [5, 5.41) is 14.4. The number of imidazole rings is 1. The van der Waals surface area contributed by atoms with Crippen molar-refractivity contribution in [2.75, 3.05) is 0 Å². The number of rotatable bonds is 4. The summed E-state index contributed by atoms with van der Waals surface area (Å²) in [5.74, 6) is 1.79. The lowest BCUT2D eigenvalue weighted by atomic mass is 9.88. The molecule has 3 aromatic heterocycles. The Hall–Kier alpha value is -7.44. The number of phenolic OH excluding ortho intramolecular Hbond substituents is 1. The molecule has 0 aliphatic carbocycles. The Morgan fingerprint density at radius 3 is 1.98 bits per heavy atom. The highest BCUT2D eigenvalue weighted by Gasteiger charge is 2.25. The van der Waals surface area contributed by atoms with E-state index in [0.717, 1.165) is 72.2 Å². The van der Waals surface area contributed by atoms with Gasteiger partial charge in [-0.15, -0.1) is 0 Å². The Balaban J connectivity index is 1.07. The van der Waals surface area contributed by atoms with E-state index in [1.54, 1.807) is 6.07 Å². The molecular formula is C52H38N4O2. The second-order valence-corrected chi connectivity index (χ2v) is 16.0. The molecule has 0 radical (unpaired) electrons.